The maximum Gasteiger partial charge on any atom is 0.167 e. The first-order valence-corrected chi connectivity index (χ1v) is 15.4. The third-order valence-corrected chi connectivity index (χ3v) is 8.45. The van der Waals surface area contributed by atoms with Crippen molar-refractivity contribution in [1.29, 1.82) is 0 Å². The van der Waals surface area contributed by atoms with Gasteiger partial charge in [-0.3, -0.25) is 9.97 Å². The Balaban J connectivity index is 1.25. The highest BCUT2D eigenvalue weighted by atomic mass is 16.3. The fraction of sp³-hybridized carbons (Fsp3) is 0. The summed E-state index contributed by atoms with van der Waals surface area (Å²) in [4.78, 5) is 24.1. The molecule has 0 saturated heterocycles. The van der Waals surface area contributed by atoms with Gasteiger partial charge < -0.3 is 4.42 Å². The van der Waals surface area contributed by atoms with Crippen molar-refractivity contribution < 1.29 is 4.42 Å². The number of rotatable bonds is 5. The maximum absolute atomic E-state index is 6.52. The first-order chi connectivity index (χ1) is 23.3. The van der Waals surface area contributed by atoms with Gasteiger partial charge in [0.25, 0.3) is 0 Å². The number of hydrogen-bond donors (Lipinski definition) is 0. The third kappa shape index (κ3) is 4.80. The molecular weight excluding hydrogens is 578 g/mol. The summed E-state index contributed by atoms with van der Waals surface area (Å²) in [5, 5.41) is 2.04. The maximum atomic E-state index is 6.52. The van der Waals surface area contributed by atoms with Gasteiger partial charge in [0.1, 0.15) is 11.2 Å². The van der Waals surface area contributed by atoms with Crippen molar-refractivity contribution in [2.75, 3.05) is 0 Å². The quantitative estimate of drug-likeness (QED) is 0.195. The minimum absolute atomic E-state index is 0.551. The Morgan fingerprint density at radius 2 is 1.04 bits per heavy atom. The van der Waals surface area contributed by atoms with E-state index in [1.807, 2.05) is 91.0 Å². The molecule has 3 aromatic heterocycles. The van der Waals surface area contributed by atoms with Gasteiger partial charge in [-0.15, -0.1) is 0 Å². The van der Waals surface area contributed by atoms with Gasteiger partial charge in [0, 0.05) is 39.9 Å². The van der Waals surface area contributed by atoms with E-state index in [0.717, 1.165) is 71.9 Å². The van der Waals surface area contributed by atoms with Gasteiger partial charge in [0.2, 0.25) is 0 Å². The lowest BCUT2D eigenvalue weighted by molar-refractivity contribution is 0.669. The molecule has 0 atom stereocenters. The highest BCUT2D eigenvalue weighted by Gasteiger charge is 2.20. The first-order valence-electron chi connectivity index (χ1n) is 15.4. The Morgan fingerprint density at radius 1 is 0.404 bits per heavy atom. The molecule has 0 N–H and O–H groups in total. The molecule has 0 unspecified atom stereocenters. The summed E-state index contributed by atoms with van der Waals surface area (Å²) in [6, 6.07) is 47.1. The Hall–Kier alpha value is -6.53. The van der Waals surface area contributed by atoms with Crippen molar-refractivity contribution in [1.82, 2.24) is 24.9 Å². The van der Waals surface area contributed by atoms with E-state index in [4.69, 9.17) is 19.4 Å². The molecule has 0 fully saturated rings. The average molecular weight is 604 g/mol. The molecule has 0 amide bonds. The molecular formula is C41H25N5O. The van der Waals surface area contributed by atoms with E-state index in [0.29, 0.717) is 17.5 Å². The fourth-order valence-electron chi connectivity index (χ4n) is 6.16. The Bertz CT molecular complexity index is 2500. The minimum Gasteiger partial charge on any atom is -0.455 e. The summed E-state index contributed by atoms with van der Waals surface area (Å²) >= 11 is 0. The number of furan rings is 1. The predicted octanol–water partition coefficient (Wildman–Crippen LogP) is 10.0. The number of para-hydroxylation sites is 2. The molecule has 0 aliphatic heterocycles. The summed E-state index contributed by atoms with van der Waals surface area (Å²) in [5.41, 5.74) is 10.2. The number of aromatic nitrogens is 5. The summed E-state index contributed by atoms with van der Waals surface area (Å²) in [7, 11) is 0. The number of benzene rings is 6. The Labute approximate surface area is 270 Å². The van der Waals surface area contributed by atoms with Crippen molar-refractivity contribution in [2.45, 2.75) is 0 Å². The van der Waals surface area contributed by atoms with Crippen LogP contribution >= 0.6 is 0 Å². The first kappa shape index (κ1) is 26.8. The second kappa shape index (κ2) is 11.1. The fourth-order valence-corrected chi connectivity index (χ4v) is 6.16. The summed E-state index contributed by atoms with van der Waals surface area (Å²) < 4.78 is 6.52. The molecule has 9 aromatic rings. The average Bonchev–Trinajstić information content (AvgIpc) is 3.53. The van der Waals surface area contributed by atoms with Crippen LogP contribution in [0.1, 0.15) is 0 Å². The lowest BCUT2D eigenvalue weighted by atomic mass is 9.96. The van der Waals surface area contributed by atoms with Crippen LogP contribution in [0.4, 0.5) is 0 Å². The van der Waals surface area contributed by atoms with Crippen LogP contribution in [0.15, 0.2) is 156 Å². The van der Waals surface area contributed by atoms with Crippen molar-refractivity contribution >= 4 is 33.0 Å². The zero-order valence-electron chi connectivity index (χ0n) is 25.1. The van der Waals surface area contributed by atoms with Crippen LogP contribution in [-0.2, 0) is 0 Å². The van der Waals surface area contributed by atoms with E-state index in [9.17, 15) is 0 Å². The largest absolute Gasteiger partial charge is 0.455 e. The van der Waals surface area contributed by atoms with E-state index in [1.165, 1.54) is 0 Å². The SMILES string of the molecule is c1ccc(-c2nc(-c3ccccc3)nc(-c3cc(-c4ccc(-c5cccc6nccnc56)cc4)cc4c3oc3ccccc34)n2)cc1. The van der Waals surface area contributed by atoms with Crippen LogP contribution < -0.4 is 0 Å². The zero-order chi connectivity index (χ0) is 31.2. The van der Waals surface area contributed by atoms with Crippen LogP contribution in [0, 0.1) is 0 Å². The molecule has 0 spiro atoms. The minimum atomic E-state index is 0.551. The Morgan fingerprint density at radius 3 is 1.79 bits per heavy atom. The van der Waals surface area contributed by atoms with Crippen molar-refractivity contribution in [2.24, 2.45) is 0 Å². The molecule has 0 aliphatic carbocycles. The third-order valence-electron chi connectivity index (χ3n) is 8.45. The zero-order valence-corrected chi connectivity index (χ0v) is 25.1. The predicted molar refractivity (Wildman–Crippen MR) is 187 cm³/mol. The molecule has 6 heteroatoms. The molecule has 9 rings (SSSR count). The van der Waals surface area contributed by atoms with Crippen LogP contribution in [0.3, 0.4) is 0 Å². The summed E-state index contributed by atoms with van der Waals surface area (Å²) in [6.45, 7) is 0. The number of hydrogen-bond acceptors (Lipinski definition) is 6. The van der Waals surface area contributed by atoms with Gasteiger partial charge in [-0.1, -0.05) is 115 Å². The topological polar surface area (TPSA) is 77.6 Å². The van der Waals surface area contributed by atoms with Gasteiger partial charge in [-0.2, -0.15) is 0 Å². The Kier molecular flexibility index (Phi) is 6.35. The normalized spacial score (nSPS) is 11.4. The molecule has 47 heavy (non-hydrogen) atoms. The smallest absolute Gasteiger partial charge is 0.167 e. The molecule has 6 nitrogen and oxygen atoms in total. The van der Waals surface area contributed by atoms with Crippen LogP contribution in [-0.4, -0.2) is 24.9 Å². The van der Waals surface area contributed by atoms with Gasteiger partial charge in [0.05, 0.1) is 16.6 Å². The van der Waals surface area contributed by atoms with Crippen molar-refractivity contribution in [3.05, 3.63) is 152 Å². The highest BCUT2D eigenvalue weighted by Crippen LogP contribution is 2.40. The molecule has 3 heterocycles. The second-order valence-corrected chi connectivity index (χ2v) is 11.3. The number of fused-ring (bicyclic) bond motifs is 4. The van der Waals surface area contributed by atoms with Crippen molar-refractivity contribution in [3.8, 4) is 56.4 Å². The second-order valence-electron chi connectivity index (χ2n) is 11.3. The van der Waals surface area contributed by atoms with E-state index >= 15 is 0 Å². The van der Waals surface area contributed by atoms with E-state index in [1.54, 1.807) is 12.4 Å². The van der Waals surface area contributed by atoms with E-state index in [-0.39, 0.29) is 0 Å². The molecule has 0 radical (unpaired) electrons. The van der Waals surface area contributed by atoms with Gasteiger partial charge in [0.15, 0.2) is 17.5 Å². The van der Waals surface area contributed by atoms with E-state index < -0.39 is 0 Å². The monoisotopic (exact) mass is 603 g/mol. The number of nitrogens with zero attached hydrogens (tertiary/aromatic N) is 5. The molecule has 0 bridgehead atoms. The van der Waals surface area contributed by atoms with Gasteiger partial charge in [-0.05, 0) is 41.0 Å². The van der Waals surface area contributed by atoms with Crippen LogP contribution in [0.5, 0.6) is 0 Å². The van der Waals surface area contributed by atoms with Gasteiger partial charge >= 0.3 is 0 Å². The highest BCUT2D eigenvalue weighted by molar-refractivity contribution is 6.11. The lowest BCUT2D eigenvalue weighted by Gasteiger charge is -2.11. The van der Waals surface area contributed by atoms with Crippen LogP contribution in [0.2, 0.25) is 0 Å². The van der Waals surface area contributed by atoms with Crippen molar-refractivity contribution in [3.63, 3.8) is 0 Å². The molecule has 0 saturated carbocycles. The molecule has 220 valence electrons. The summed E-state index contributed by atoms with van der Waals surface area (Å²) in [5.74, 6) is 1.76. The van der Waals surface area contributed by atoms with Crippen LogP contribution in [0.25, 0.3) is 89.4 Å². The molecule has 0 aliphatic rings. The van der Waals surface area contributed by atoms with E-state index in [2.05, 4.69) is 58.5 Å². The lowest BCUT2D eigenvalue weighted by Crippen LogP contribution is -2.00. The van der Waals surface area contributed by atoms with Gasteiger partial charge in [-0.25, -0.2) is 15.0 Å². The molecule has 6 aromatic carbocycles. The summed E-state index contributed by atoms with van der Waals surface area (Å²) in [6.07, 6.45) is 3.46. The standard InChI is InChI=1S/C41H25N5O/c1-3-10-28(11-4-1)39-44-40(29-12-5-2-6-13-29)46-41(45-39)34-25-30(24-33-32-14-7-8-17-36(32)47-38(33)34)26-18-20-27(21-19-26)31-15-9-16-35-37(31)43-23-22-42-35/h1-25H.